The Morgan fingerprint density at radius 2 is 2.54 bits per heavy atom. The van der Waals surface area contributed by atoms with Gasteiger partial charge in [-0.3, -0.25) is 0 Å². The van der Waals surface area contributed by atoms with Gasteiger partial charge < -0.3 is 10.4 Å². The van der Waals surface area contributed by atoms with E-state index in [0.717, 1.165) is 10.2 Å². The van der Waals surface area contributed by atoms with E-state index < -0.39 is 0 Å². The molecule has 0 aromatic carbocycles. The minimum Gasteiger partial charge on any atom is -0.394 e. The van der Waals surface area contributed by atoms with Crippen molar-refractivity contribution in [3.05, 3.63) is 20.3 Å². The van der Waals surface area contributed by atoms with E-state index in [1.54, 1.807) is 11.3 Å². The first-order valence-corrected chi connectivity index (χ1v) is 5.96. The SMILES string of the molecule is CC1Cc2sc(Br)cc2C(CO)N1. The fourth-order valence-electron chi connectivity index (χ4n) is 1.78. The molecule has 0 bridgehead atoms. The third-order valence-corrected chi connectivity index (χ3v) is 4.02. The van der Waals surface area contributed by atoms with Gasteiger partial charge in [-0.15, -0.1) is 11.3 Å². The quantitative estimate of drug-likeness (QED) is 0.812. The van der Waals surface area contributed by atoms with Crippen LogP contribution in [0.1, 0.15) is 23.4 Å². The maximum absolute atomic E-state index is 9.19. The van der Waals surface area contributed by atoms with Crippen LogP contribution in [0.15, 0.2) is 9.85 Å². The Bertz CT molecular complexity index is 313. The summed E-state index contributed by atoms with van der Waals surface area (Å²) in [4.78, 5) is 1.40. The highest BCUT2D eigenvalue weighted by Crippen LogP contribution is 2.35. The number of halogens is 1. The van der Waals surface area contributed by atoms with E-state index in [4.69, 9.17) is 0 Å². The van der Waals surface area contributed by atoms with Gasteiger partial charge in [0.05, 0.1) is 16.4 Å². The van der Waals surface area contributed by atoms with E-state index in [2.05, 4.69) is 34.2 Å². The van der Waals surface area contributed by atoms with Crippen LogP contribution in [-0.4, -0.2) is 17.8 Å². The van der Waals surface area contributed by atoms with Gasteiger partial charge in [0.2, 0.25) is 0 Å². The number of thiophene rings is 1. The van der Waals surface area contributed by atoms with Crippen molar-refractivity contribution in [2.24, 2.45) is 0 Å². The summed E-state index contributed by atoms with van der Waals surface area (Å²) in [5.41, 5.74) is 1.26. The monoisotopic (exact) mass is 261 g/mol. The summed E-state index contributed by atoms with van der Waals surface area (Å²) in [7, 11) is 0. The van der Waals surface area contributed by atoms with Crippen LogP contribution in [0.3, 0.4) is 0 Å². The van der Waals surface area contributed by atoms with E-state index >= 15 is 0 Å². The molecule has 72 valence electrons. The Hall–Kier alpha value is 0.1000. The number of hydrogen-bond donors (Lipinski definition) is 2. The molecule has 4 heteroatoms. The molecule has 0 spiro atoms. The molecule has 2 atom stereocenters. The van der Waals surface area contributed by atoms with E-state index in [9.17, 15) is 5.11 Å². The first-order chi connectivity index (χ1) is 6.20. The molecule has 0 radical (unpaired) electrons. The summed E-state index contributed by atoms with van der Waals surface area (Å²) in [5, 5.41) is 12.6. The Balaban J connectivity index is 2.36. The molecule has 1 aliphatic heterocycles. The Kier molecular flexibility index (Phi) is 2.74. The van der Waals surface area contributed by atoms with Gasteiger partial charge in [0.15, 0.2) is 0 Å². The number of hydrogen-bond acceptors (Lipinski definition) is 3. The molecule has 1 aliphatic rings. The van der Waals surface area contributed by atoms with Gasteiger partial charge in [0.25, 0.3) is 0 Å². The molecular formula is C9H12BrNOS. The van der Waals surface area contributed by atoms with Gasteiger partial charge in [-0.1, -0.05) is 0 Å². The van der Waals surface area contributed by atoms with Crippen molar-refractivity contribution >= 4 is 27.3 Å². The topological polar surface area (TPSA) is 32.3 Å². The predicted molar refractivity (Wildman–Crippen MR) is 58.1 cm³/mol. The molecular weight excluding hydrogens is 250 g/mol. The molecule has 1 aromatic heterocycles. The number of rotatable bonds is 1. The standard InChI is InChI=1S/C9H12BrNOS/c1-5-2-8-6(3-9(10)13-8)7(4-12)11-5/h3,5,7,11-12H,2,4H2,1H3. The van der Waals surface area contributed by atoms with Gasteiger partial charge in [0, 0.05) is 10.9 Å². The largest absolute Gasteiger partial charge is 0.394 e. The van der Waals surface area contributed by atoms with Crippen molar-refractivity contribution in [3.8, 4) is 0 Å². The molecule has 0 saturated heterocycles. The summed E-state index contributed by atoms with van der Waals surface area (Å²) >= 11 is 5.26. The summed E-state index contributed by atoms with van der Waals surface area (Å²) < 4.78 is 1.16. The zero-order chi connectivity index (χ0) is 9.42. The molecule has 13 heavy (non-hydrogen) atoms. The van der Waals surface area contributed by atoms with Gasteiger partial charge in [-0.2, -0.15) is 0 Å². The van der Waals surface area contributed by atoms with Crippen LogP contribution < -0.4 is 5.32 Å². The van der Waals surface area contributed by atoms with Crippen molar-refractivity contribution in [2.75, 3.05) is 6.61 Å². The minimum absolute atomic E-state index is 0.126. The molecule has 2 heterocycles. The molecule has 1 aromatic rings. The zero-order valence-electron chi connectivity index (χ0n) is 7.38. The minimum atomic E-state index is 0.126. The van der Waals surface area contributed by atoms with Crippen molar-refractivity contribution in [1.29, 1.82) is 0 Å². The van der Waals surface area contributed by atoms with Gasteiger partial charge in [-0.25, -0.2) is 0 Å². The third-order valence-electron chi connectivity index (χ3n) is 2.35. The van der Waals surface area contributed by atoms with Crippen LogP contribution in [0.2, 0.25) is 0 Å². The molecule has 0 saturated carbocycles. The van der Waals surface area contributed by atoms with Crippen molar-refractivity contribution < 1.29 is 5.11 Å². The maximum Gasteiger partial charge on any atom is 0.0704 e. The Morgan fingerprint density at radius 1 is 1.77 bits per heavy atom. The fourth-order valence-corrected chi connectivity index (χ4v) is 3.69. The van der Waals surface area contributed by atoms with E-state index in [0.29, 0.717) is 6.04 Å². The Morgan fingerprint density at radius 3 is 3.23 bits per heavy atom. The first-order valence-electron chi connectivity index (χ1n) is 4.35. The number of fused-ring (bicyclic) bond motifs is 1. The van der Waals surface area contributed by atoms with Crippen LogP contribution in [0.4, 0.5) is 0 Å². The van der Waals surface area contributed by atoms with Gasteiger partial charge >= 0.3 is 0 Å². The van der Waals surface area contributed by atoms with Crippen LogP contribution in [0.25, 0.3) is 0 Å². The second kappa shape index (κ2) is 3.69. The lowest BCUT2D eigenvalue weighted by molar-refractivity contribution is 0.228. The number of aliphatic hydroxyl groups excluding tert-OH is 1. The van der Waals surface area contributed by atoms with E-state index in [1.807, 2.05) is 0 Å². The zero-order valence-corrected chi connectivity index (χ0v) is 9.78. The summed E-state index contributed by atoms with van der Waals surface area (Å²) in [6.45, 7) is 2.33. The van der Waals surface area contributed by atoms with Crippen molar-refractivity contribution in [2.45, 2.75) is 25.4 Å². The molecule has 2 unspecified atom stereocenters. The molecule has 2 rings (SSSR count). The van der Waals surface area contributed by atoms with Gasteiger partial charge in [-0.05, 0) is 40.9 Å². The lowest BCUT2D eigenvalue weighted by atomic mass is 9.99. The average Bonchev–Trinajstić information content (AvgIpc) is 2.43. The molecule has 2 nitrogen and oxygen atoms in total. The van der Waals surface area contributed by atoms with Crippen LogP contribution in [-0.2, 0) is 6.42 Å². The molecule has 0 aliphatic carbocycles. The smallest absolute Gasteiger partial charge is 0.0704 e. The molecule has 2 N–H and O–H groups in total. The highest BCUT2D eigenvalue weighted by Gasteiger charge is 2.25. The fraction of sp³-hybridized carbons (Fsp3) is 0.556. The number of aliphatic hydroxyl groups is 1. The van der Waals surface area contributed by atoms with Crippen LogP contribution in [0, 0.1) is 0 Å². The first kappa shape index (κ1) is 9.65. The number of nitrogens with one attached hydrogen (secondary N) is 1. The van der Waals surface area contributed by atoms with Crippen molar-refractivity contribution in [1.82, 2.24) is 5.32 Å². The lowest BCUT2D eigenvalue weighted by Gasteiger charge is -2.27. The summed E-state index contributed by atoms with van der Waals surface area (Å²) in [5.74, 6) is 0. The molecule has 0 fully saturated rings. The Labute approximate surface area is 90.1 Å². The van der Waals surface area contributed by atoms with E-state index in [-0.39, 0.29) is 12.6 Å². The van der Waals surface area contributed by atoms with Crippen LogP contribution in [0.5, 0.6) is 0 Å². The van der Waals surface area contributed by atoms with E-state index in [1.165, 1.54) is 10.4 Å². The van der Waals surface area contributed by atoms with Gasteiger partial charge in [0.1, 0.15) is 0 Å². The maximum atomic E-state index is 9.19. The second-order valence-electron chi connectivity index (χ2n) is 3.44. The molecule has 0 amide bonds. The highest BCUT2D eigenvalue weighted by molar-refractivity contribution is 9.11. The normalized spacial score (nSPS) is 27.3. The summed E-state index contributed by atoms with van der Waals surface area (Å²) in [6.07, 6.45) is 1.07. The predicted octanol–water partition coefficient (Wildman–Crippen LogP) is 2.08. The third kappa shape index (κ3) is 1.81. The lowest BCUT2D eigenvalue weighted by Crippen LogP contribution is -2.38. The second-order valence-corrected chi connectivity index (χ2v) is 5.95. The highest BCUT2D eigenvalue weighted by atomic mass is 79.9. The van der Waals surface area contributed by atoms with Crippen LogP contribution >= 0.6 is 27.3 Å². The summed E-state index contributed by atoms with van der Waals surface area (Å²) in [6, 6.07) is 2.70. The van der Waals surface area contributed by atoms with Crippen molar-refractivity contribution in [3.63, 3.8) is 0 Å². The average molecular weight is 262 g/mol.